The van der Waals surface area contributed by atoms with Gasteiger partial charge in [-0.05, 0) is 48.0 Å². The lowest BCUT2D eigenvalue weighted by atomic mass is 10.1. The maximum Gasteiger partial charge on any atom is 0.340 e. The first kappa shape index (κ1) is 25.0. The van der Waals surface area contributed by atoms with Crippen molar-refractivity contribution in [1.29, 1.82) is 0 Å². The van der Waals surface area contributed by atoms with Crippen LogP contribution in [0.3, 0.4) is 0 Å². The molecule has 8 heteroatoms. The summed E-state index contributed by atoms with van der Waals surface area (Å²) in [5.74, 6) is -0.844. The molecule has 0 unspecified atom stereocenters. The van der Waals surface area contributed by atoms with Crippen LogP contribution in [0.1, 0.15) is 26.3 Å². The normalized spacial score (nSPS) is 11.3. The summed E-state index contributed by atoms with van der Waals surface area (Å²) in [6.07, 6.45) is 1.48. The van der Waals surface area contributed by atoms with Gasteiger partial charge in [0.1, 0.15) is 0 Å². The lowest BCUT2D eigenvalue weighted by Gasteiger charge is -2.25. The molecule has 5 aromatic rings. The van der Waals surface area contributed by atoms with Crippen molar-refractivity contribution in [3.05, 3.63) is 132 Å². The number of ether oxygens (including phenoxy) is 1. The second kappa shape index (κ2) is 10.4. The first-order valence-corrected chi connectivity index (χ1v) is 13.3. The Bertz CT molecular complexity index is 1710. The van der Waals surface area contributed by atoms with Gasteiger partial charge < -0.3 is 4.74 Å². The standard InChI is InChI=1S/C30H24N2O5S/c1-37-30(34)27-21-31(28-15-9-8-14-26(27)28)29(33)23-18-16-22(17-19-23)20-32(24-10-4-2-5-11-24)38(35,36)25-12-6-3-7-13-25/h2-19,21H,20H2,1H3. The van der Waals surface area contributed by atoms with Crippen molar-refractivity contribution in [3.63, 3.8) is 0 Å². The largest absolute Gasteiger partial charge is 0.465 e. The Morgan fingerprint density at radius 3 is 2.05 bits per heavy atom. The summed E-state index contributed by atoms with van der Waals surface area (Å²) in [4.78, 5) is 25.8. The molecule has 0 bridgehead atoms. The van der Waals surface area contributed by atoms with E-state index in [1.54, 1.807) is 103 Å². The highest BCUT2D eigenvalue weighted by atomic mass is 32.2. The van der Waals surface area contributed by atoms with Gasteiger partial charge >= 0.3 is 5.97 Å². The molecule has 7 nitrogen and oxygen atoms in total. The summed E-state index contributed by atoms with van der Waals surface area (Å²) >= 11 is 0. The Hall–Kier alpha value is -4.69. The molecule has 0 aliphatic rings. The minimum Gasteiger partial charge on any atom is -0.465 e. The molecule has 1 heterocycles. The highest BCUT2D eigenvalue weighted by molar-refractivity contribution is 7.92. The third-order valence-electron chi connectivity index (χ3n) is 6.24. The number of rotatable bonds is 7. The smallest absolute Gasteiger partial charge is 0.340 e. The number of fused-ring (bicyclic) bond motifs is 1. The number of hydrogen-bond donors (Lipinski definition) is 0. The van der Waals surface area contributed by atoms with Crippen molar-refractivity contribution < 1.29 is 22.7 Å². The molecule has 5 rings (SSSR count). The second-order valence-electron chi connectivity index (χ2n) is 8.58. The number of aromatic nitrogens is 1. The predicted octanol–water partition coefficient (Wildman–Crippen LogP) is 5.51. The maximum absolute atomic E-state index is 13.5. The molecule has 0 saturated carbocycles. The number of benzene rings is 4. The van der Waals surface area contributed by atoms with Gasteiger partial charge in [-0.2, -0.15) is 0 Å². The zero-order chi connectivity index (χ0) is 26.7. The minimum absolute atomic E-state index is 0.0780. The Balaban J connectivity index is 1.47. The molecular weight excluding hydrogens is 500 g/mol. The fourth-order valence-electron chi connectivity index (χ4n) is 4.31. The summed E-state index contributed by atoms with van der Waals surface area (Å²) in [5, 5.41) is 0.619. The quantitative estimate of drug-likeness (QED) is 0.262. The number of hydrogen-bond acceptors (Lipinski definition) is 5. The molecule has 38 heavy (non-hydrogen) atoms. The van der Waals surface area contributed by atoms with Crippen molar-refractivity contribution in [2.24, 2.45) is 0 Å². The summed E-state index contributed by atoms with van der Waals surface area (Å²) < 4.78 is 34.7. The molecule has 0 radical (unpaired) electrons. The van der Waals surface area contributed by atoms with Crippen LogP contribution in [0.4, 0.5) is 5.69 Å². The summed E-state index contributed by atoms with van der Waals surface area (Å²) in [7, 11) is -2.54. The van der Waals surface area contributed by atoms with E-state index in [4.69, 9.17) is 4.74 Å². The summed E-state index contributed by atoms with van der Waals surface area (Å²) in [6.45, 7) is 0.0780. The van der Waals surface area contributed by atoms with Crippen LogP contribution in [-0.4, -0.2) is 32.0 Å². The molecule has 0 atom stereocenters. The Kier molecular flexibility index (Phi) is 6.81. The van der Waals surface area contributed by atoms with E-state index in [2.05, 4.69) is 0 Å². The fraction of sp³-hybridized carbons (Fsp3) is 0.0667. The Labute approximate surface area is 220 Å². The van der Waals surface area contributed by atoms with Crippen LogP contribution in [0.5, 0.6) is 0 Å². The van der Waals surface area contributed by atoms with E-state index in [0.717, 1.165) is 0 Å². The topological polar surface area (TPSA) is 85.7 Å². The molecule has 4 aromatic carbocycles. The lowest BCUT2D eigenvalue weighted by molar-refractivity contribution is 0.0603. The van der Waals surface area contributed by atoms with Gasteiger partial charge in [0.15, 0.2) is 0 Å². The van der Waals surface area contributed by atoms with E-state index < -0.39 is 16.0 Å². The number of para-hydroxylation sites is 2. The van der Waals surface area contributed by atoms with Crippen LogP contribution in [0.25, 0.3) is 10.9 Å². The van der Waals surface area contributed by atoms with Crippen molar-refractivity contribution in [3.8, 4) is 0 Å². The minimum atomic E-state index is -3.84. The average molecular weight is 525 g/mol. The van der Waals surface area contributed by atoms with Crippen molar-refractivity contribution >= 4 is 38.5 Å². The third-order valence-corrected chi connectivity index (χ3v) is 8.03. The number of esters is 1. The van der Waals surface area contributed by atoms with Crippen molar-refractivity contribution in [1.82, 2.24) is 4.57 Å². The zero-order valence-corrected chi connectivity index (χ0v) is 21.3. The lowest BCUT2D eigenvalue weighted by Crippen LogP contribution is -2.30. The summed E-state index contributed by atoms with van der Waals surface area (Å²) in [6, 6.07) is 31.1. The Morgan fingerprint density at radius 1 is 0.789 bits per heavy atom. The van der Waals surface area contributed by atoms with Crippen LogP contribution in [0.2, 0.25) is 0 Å². The number of nitrogens with zero attached hydrogens (tertiary/aromatic N) is 2. The molecule has 190 valence electrons. The SMILES string of the molecule is COC(=O)c1cn(C(=O)c2ccc(CN(c3ccccc3)S(=O)(=O)c3ccccc3)cc2)c2ccccc12. The van der Waals surface area contributed by atoms with Crippen molar-refractivity contribution in [2.75, 3.05) is 11.4 Å². The van der Waals surface area contributed by atoms with Gasteiger partial charge in [-0.3, -0.25) is 13.7 Å². The molecule has 0 spiro atoms. The number of methoxy groups -OCH3 is 1. The van der Waals surface area contributed by atoms with Gasteiger partial charge in [0.2, 0.25) is 0 Å². The van der Waals surface area contributed by atoms with Gasteiger partial charge in [-0.1, -0.05) is 66.7 Å². The average Bonchev–Trinajstić information content (AvgIpc) is 3.36. The highest BCUT2D eigenvalue weighted by Crippen LogP contribution is 2.27. The van der Waals surface area contributed by atoms with Crippen LogP contribution < -0.4 is 4.31 Å². The van der Waals surface area contributed by atoms with Gasteiger partial charge in [0.05, 0.1) is 35.3 Å². The molecule has 0 fully saturated rings. The fourth-order valence-corrected chi connectivity index (χ4v) is 5.78. The van der Waals surface area contributed by atoms with E-state index in [1.165, 1.54) is 22.2 Å². The van der Waals surface area contributed by atoms with Gasteiger partial charge in [0.25, 0.3) is 15.9 Å². The molecule has 0 saturated heterocycles. The first-order chi connectivity index (χ1) is 18.4. The van der Waals surface area contributed by atoms with E-state index in [1.807, 2.05) is 6.07 Å². The molecule has 0 aliphatic heterocycles. The van der Waals surface area contributed by atoms with Gasteiger partial charge in [-0.25, -0.2) is 13.2 Å². The highest BCUT2D eigenvalue weighted by Gasteiger charge is 2.25. The number of anilines is 1. The molecular formula is C30H24N2O5S. The Morgan fingerprint density at radius 2 is 1.39 bits per heavy atom. The predicted molar refractivity (Wildman–Crippen MR) is 146 cm³/mol. The maximum atomic E-state index is 13.5. The number of carbonyl (C=O) groups excluding carboxylic acids is 2. The van der Waals surface area contributed by atoms with Gasteiger partial charge in [-0.15, -0.1) is 0 Å². The summed E-state index contributed by atoms with van der Waals surface area (Å²) in [5.41, 5.74) is 2.52. The number of sulfonamides is 1. The molecule has 1 aromatic heterocycles. The van der Waals surface area contributed by atoms with Crippen LogP contribution >= 0.6 is 0 Å². The van der Waals surface area contributed by atoms with E-state index >= 15 is 0 Å². The van der Waals surface area contributed by atoms with E-state index in [-0.39, 0.29) is 17.3 Å². The van der Waals surface area contributed by atoms with E-state index in [9.17, 15) is 18.0 Å². The van der Waals surface area contributed by atoms with Gasteiger partial charge in [0, 0.05) is 17.1 Å². The zero-order valence-electron chi connectivity index (χ0n) is 20.5. The first-order valence-electron chi connectivity index (χ1n) is 11.8. The van der Waals surface area contributed by atoms with E-state index in [0.29, 0.717) is 33.3 Å². The van der Waals surface area contributed by atoms with Crippen molar-refractivity contribution in [2.45, 2.75) is 11.4 Å². The monoisotopic (exact) mass is 524 g/mol. The van der Waals surface area contributed by atoms with Crippen LogP contribution in [0, 0.1) is 0 Å². The third kappa shape index (κ3) is 4.69. The van der Waals surface area contributed by atoms with Crippen LogP contribution in [-0.2, 0) is 21.3 Å². The second-order valence-corrected chi connectivity index (χ2v) is 10.4. The number of carbonyl (C=O) groups is 2. The van der Waals surface area contributed by atoms with Crippen LogP contribution in [0.15, 0.2) is 120 Å². The molecule has 0 N–H and O–H groups in total. The molecule has 0 aliphatic carbocycles. The molecule has 0 amide bonds.